The van der Waals surface area contributed by atoms with Gasteiger partial charge in [-0.05, 0) is 38.2 Å². The number of rotatable bonds is 5. The van der Waals surface area contributed by atoms with Gasteiger partial charge in [0.1, 0.15) is 0 Å². The first-order valence-corrected chi connectivity index (χ1v) is 9.13. The van der Waals surface area contributed by atoms with Gasteiger partial charge in [-0.2, -0.15) is 4.68 Å². The van der Waals surface area contributed by atoms with Gasteiger partial charge in [0.05, 0.1) is 25.6 Å². The maximum absolute atomic E-state index is 11.8. The zero-order valence-electron chi connectivity index (χ0n) is 14.7. The predicted molar refractivity (Wildman–Crippen MR) is 95.6 cm³/mol. The van der Waals surface area contributed by atoms with Crippen molar-refractivity contribution in [2.75, 3.05) is 19.7 Å². The number of benzene rings is 1. The highest BCUT2D eigenvalue weighted by atomic mass is 32.1. The van der Waals surface area contributed by atoms with E-state index in [2.05, 4.69) is 5.10 Å². The van der Waals surface area contributed by atoms with Crippen molar-refractivity contribution in [1.82, 2.24) is 9.78 Å². The molecule has 1 aliphatic rings. The lowest BCUT2D eigenvalue weighted by Crippen LogP contribution is -3.12. The second-order valence-electron chi connectivity index (χ2n) is 6.47. The lowest BCUT2D eigenvalue weighted by molar-refractivity contribution is -0.929. The lowest BCUT2D eigenvalue weighted by Gasteiger charge is -2.27. The molecule has 0 spiro atoms. The Morgan fingerprint density at radius 3 is 2.68 bits per heavy atom. The van der Waals surface area contributed by atoms with E-state index in [1.807, 2.05) is 38.1 Å². The minimum Gasteiger partial charge on any atom is -0.466 e. The van der Waals surface area contributed by atoms with Gasteiger partial charge in [-0.25, -0.2) is 0 Å². The van der Waals surface area contributed by atoms with E-state index in [4.69, 9.17) is 21.4 Å². The fourth-order valence-electron chi connectivity index (χ4n) is 3.11. The number of hydrogen-bond donors (Lipinski definition) is 1. The minimum absolute atomic E-state index is 0.0251. The summed E-state index contributed by atoms with van der Waals surface area (Å²) in [4.78, 5) is 13.6. The molecule has 0 amide bonds. The number of piperidine rings is 1. The van der Waals surface area contributed by atoms with Gasteiger partial charge in [0.25, 0.3) is 4.84 Å². The van der Waals surface area contributed by atoms with Gasteiger partial charge in [0, 0.05) is 18.4 Å². The highest BCUT2D eigenvalue weighted by molar-refractivity contribution is 7.71. The SMILES string of the molecule is CCOC(=O)C1CC[NH+](Cn2nc(-c3ccc(C)cc3)oc2=S)CC1. The Labute approximate surface area is 152 Å². The summed E-state index contributed by atoms with van der Waals surface area (Å²) in [5, 5.41) is 4.52. The van der Waals surface area contributed by atoms with Crippen molar-refractivity contribution in [3.05, 3.63) is 34.7 Å². The number of likely N-dealkylation sites (tertiary alicyclic amines) is 1. The summed E-state index contributed by atoms with van der Waals surface area (Å²) in [6.45, 7) is 6.79. The third kappa shape index (κ3) is 4.35. The van der Waals surface area contributed by atoms with E-state index in [1.165, 1.54) is 10.5 Å². The number of carbonyl (C=O) groups is 1. The van der Waals surface area contributed by atoms with Crippen LogP contribution in [0.5, 0.6) is 0 Å². The van der Waals surface area contributed by atoms with Gasteiger partial charge < -0.3 is 14.1 Å². The number of hydrogen-bond acceptors (Lipinski definition) is 5. The smallest absolute Gasteiger partial charge is 0.309 e. The minimum atomic E-state index is -0.0683. The van der Waals surface area contributed by atoms with Crippen molar-refractivity contribution in [2.24, 2.45) is 5.92 Å². The van der Waals surface area contributed by atoms with Crippen molar-refractivity contribution in [3.63, 3.8) is 0 Å². The van der Waals surface area contributed by atoms with Gasteiger partial charge in [0.2, 0.25) is 5.89 Å². The van der Waals surface area contributed by atoms with E-state index in [-0.39, 0.29) is 11.9 Å². The van der Waals surface area contributed by atoms with Crippen LogP contribution in [0.2, 0.25) is 0 Å². The molecule has 1 aromatic carbocycles. The summed E-state index contributed by atoms with van der Waals surface area (Å²) in [5.74, 6) is 0.504. The third-order valence-corrected chi connectivity index (χ3v) is 4.88. The van der Waals surface area contributed by atoms with E-state index < -0.39 is 0 Å². The molecule has 134 valence electrons. The Balaban J connectivity index is 1.62. The molecule has 1 N–H and O–H groups in total. The second kappa shape index (κ2) is 7.93. The number of esters is 1. The average Bonchev–Trinajstić information content (AvgIpc) is 2.97. The molecule has 6 nitrogen and oxygen atoms in total. The van der Waals surface area contributed by atoms with Gasteiger partial charge in [0.15, 0.2) is 6.67 Å². The molecule has 1 aliphatic heterocycles. The first kappa shape index (κ1) is 17.8. The Bertz CT molecular complexity index is 774. The van der Waals surface area contributed by atoms with Gasteiger partial charge in [-0.1, -0.05) is 17.7 Å². The number of carbonyl (C=O) groups excluding carboxylic acids is 1. The van der Waals surface area contributed by atoms with Crippen LogP contribution in [0.1, 0.15) is 25.3 Å². The highest BCUT2D eigenvalue weighted by Gasteiger charge is 2.28. The van der Waals surface area contributed by atoms with E-state index in [9.17, 15) is 4.79 Å². The molecule has 2 aromatic rings. The van der Waals surface area contributed by atoms with Crippen LogP contribution in [0.15, 0.2) is 28.7 Å². The lowest BCUT2D eigenvalue weighted by atomic mass is 9.97. The molecule has 2 heterocycles. The number of nitrogens with one attached hydrogen (secondary N) is 1. The number of nitrogens with zero attached hydrogens (tertiary/aromatic N) is 2. The molecular weight excluding hydrogens is 338 g/mol. The molecule has 0 bridgehead atoms. The maximum atomic E-state index is 11.8. The average molecular weight is 362 g/mol. The Hall–Kier alpha value is -1.99. The highest BCUT2D eigenvalue weighted by Crippen LogP contribution is 2.18. The summed E-state index contributed by atoms with van der Waals surface area (Å²) in [6.07, 6.45) is 1.67. The van der Waals surface area contributed by atoms with E-state index in [0.29, 0.717) is 24.0 Å². The molecular formula is C18H24N3O3S+. The quantitative estimate of drug-likeness (QED) is 0.651. The molecule has 0 atom stereocenters. The Kier molecular flexibility index (Phi) is 5.65. The molecule has 0 aliphatic carbocycles. The third-order valence-electron chi connectivity index (χ3n) is 4.59. The van der Waals surface area contributed by atoms with Crippen LogP contribution in [0.4, 0.5) is 0 Å². The van der Waals surface area contributed by atoms with Crippen LogP contribution >= 0.6 is 12.2 Å². The number of quaternary nitrogens is 1. The molecule has 1 fully saturated rings. The van der Waals surface area contributed by atoms with Crippen molar-refractivity contribution in [1.29, 1.82) is 0 Å². The van der Waals surface area contributed by atoms with Crippen molar-refractivity contribution < 1.29 is 18.8 Å². The van der Waals surface area contributed by atoms with Crippen LogP contribution in [0.3, 0.4) is 0 Å². The molecule has 1 saturated heterocycles. The van der Waals surface area contributed by atoms with Gasteiger partial charge >= 0.3 is 5.97 Å². The van der Waals surface area contributed by atoms with Crippen LogP contribution in [-0.2, 0) is 16.2 Å². The van der Waals surface area contributed by atoms with E-state index >= 15 is 0 Å². The first-order chi connectivity index (χ1) is 12.1. The summed E-state index contributed by atoms with van der Waals surface area (Å²) >= 11 is 5.31. The fraction of sp³-hybridized carbons (Fsp3) is 0.500. The van der Waals surface area contributed by atoms with Gasteiger partial charge in [-0.3, -0.25) is 4.79 Å². The molecule has 1 aromatic heterocycles. The van der Waals surface area contributed by atoms with Crippen molar-refractivity contribution in [3.8, 4) is 11.5 Å². The molecule has 0 radical (unpaired) electrons. The maximum Gasteiger partial charge on any atom is 0.309 e. The second-order valence-corrected chi connectivity index (χ2v) is 6.82. The monoisotopic (exact) mass is 362 g/mol. The topological polar surface area (TPSA) is 61.7 Å². The molecule has 3 rings (SSSR count). The largest absolute Gasteiger partial charge is 0.466 e. The standard InChI is InChI=1S/C18H23N3O3S/c1-3-23-17(22)15-8-10-20(11-9-15)12-21-18(25)24-16(19-21)14-6-4-13(2)5-7-14/h4-7,15H,3,8-12H2,1-2H3/p+1. The van der Waals surface area contributed by atoms with E-state index in [1.54, 1.807) is 4.68 Å². The molecule has 25 heavy (non-hydrogen) atoms. The van der Waals surface area contributed by atoms with Crippen LogP contribution in [-0.4, -0.2) is 35.4 Å². The Morgan fingerprint density at radius 2 is 2.04 bits per heavy atom. The number of ether oxygens (including phenoxy) is 1. The fourth-order valence-corrected chi connectivity index (χ4v) is 3.30. The van der Waals surface area contributed by atoms with Crippen LogP contribution in [0.25, 0.3) is 11.5 Å². The summed E-state index contributed by atoms with van der Waals surface area (Å²) in [6, 6.07) is 8.02. The summed E-state index contributed by atoms with van der Waals surface area (Å²) in [5.41, 5.74) is 2.11. The Morgan fingerprint density at radius 1 is 1.36 bits per heavy atom. The number of aromatic nitrogens is 2. The molecule has 0 saturated carbocycles. The van der Waals surface area contributed by atoms with Crippen molar-refractivity contribution >= 4 is 18.2 Å². The zero-order valence-corrected chi connectivity index (χ0v) is 15.5. The summed E-state index contributed by atoms with van der Waals surface area (Å²) in [7, 11) is 0. The zero-order chi connectivity index (χ0) is 17.8. The van der Waals surface area contributed by atoms with E-state index in [0.717, 1.165) is 31.5 Å². The molecule has 7 heteroatoms. The predicted octanol–water partition coefficient (Wildman–Crippen LogP) is 2.00. The van der Waals surface area contributed by atoms with Crippen molar-refractivity contribution in [2.45, 2.75) is 33.4 Å². The van der Waals surface area contributed by atoms with Gasteiger partial charge in [-0.15, -0.1) is 5.10 Å². The number of aryl methyl sites for hydroxylation is 1. The summed E-state index contributed by atoms with van der Waals surface area (Å²) < 4.78 is 12.5. The molecule has 0 unspecified atom stereocenters. The van der Waals surface area contributed by atoms with Crippen LogP contribution < -0.4 is 4.90 Å². The van der Waals surface area contributed by atoms with Crippen LogP contribution in [0, 0.1) is 17.7 Å². The normalized spacial score (nSPS) is 20.4. The first-order valence-electron chi connectivity index (χ1n) is 8.72.